The van der Waals surface area contributed by atoms with E-state index in [1.807, 2.05) is 41.5 Å². The zero-order valence-electron chi connectivity index (χ0n) is 12.7. The lowest BCUT2D eigenvalue weighted by Crippen LogP contribution is -2.52. The highest BCUT2D eigenvalue weighted by atomic mass is 16.6. The highest BCUT2D eigenvalue weighted by Gasteiger charge is 2.31. The number of hydrogen-bond donors (Lipinski definition) is 1. The molecule has 108 valence electrons. The Bertz CT molecular complexity index is 268. The molecule has 0 aromatic rings. The fraction of sp³-hybridized carbons (Fsp3) is 0.923. The van der Waals surface area contributed by atoms with E-state index in [0.717, 1.165) is 0 Å². The molecule has 0 fully saturated rings. The summed E-state index contributed by atoms with van der Waals surface area (Å²) < 4.78 is 10.8. The van der Waals surface area contributed by atoms with E-state index in [0.29, 0.717) is 13.1 Å². The molecule has 18 heavy (non-hydrogen) atoms. The van der Waals surface area contributed by atoms with Gasteiger partial charge in [-0.15, -0.1) is 0 Å². The first kappa shape index (κ1) is 17.2. The summed E-state index contributed by atoms with van der Waals surface area (Å²) in [6, 6.07) is 0.0286. The lowest BCUT2D eigenvalue weighted by Gasteiger charge is -2.36. The van der Waals surface area contributed by atoms with Gasteiger partial charge in [0, 0.05) is 19.7 Å². The van der Waals surface area contributed by atoms with Crippen molar-refractivity contribution in [3.8, 4) is 0 Å². The van der Waals surface area contributed by atoms with E-state index in [4.69, 9.17) is 15.2 Å². The van der Waals surface area contributed by atoms with E-state index in [-0.39, 0.29) is 12.1 Å². The topological polar surface area (TPSA) is 64.8 Å². The Kier molecular flexibility index (Phi) is 6.10. The van der Waals surface area contributed by atoms with Crippen LogP contribution in [0.5, 0.6) is 0 Å². The van der Waals surface area contributed by atoms with Gasteiger partial charge in [0.15, 0.2) is 0 Å². The summed E-state index contributed by atoms with van der Waals surface area (Å²) in [5, 5.41) is 0. The summed E-state index contributed by atoms with van der Waals surface area (Å²) in [6.07, 6.45) is -0.339. The molecule has 1 unspecified atom stereocenters. The van der Waals surface area contributed by atoms with Crippen molar-refractivity contribution in [1.29, 1.82) is 0 Å². The first-order valence-electron chi connectivity index (χ1n) is 6.29. The van der Waals surface area contributed by atoms with Crippen molar-refractivity contribution in [3.05, 3.63) is 0 Å². The molecule has 0 aliphatic heterocycles. The number of ether oxygens (including phenoxy) is 2. The van der Waals surface area contributed by atoms with Crippen LogP contribution in [-0.2, 0) is 9.47 Å². The van der Waals surface area contributed by atoms with Crippen molar-refractivity contribution in [2.75, 3.05) is 20.2 Å². The van der Waals surface area contributed by atoms with Crippen LogP contribution in [0.3, 0.4) is 0 Å². The first-order chi connectivity index (χ1) is 8.04. The van der Waals surface area contributed by atoms with Crippen LogP contribution in [0.1, 0.15) is 41.5 Å². The van der Waals surface area contributed by atoms with Gasteiger partial charge in [0.05, 0.1) is 12.1 Å². The molecule has 0 spiro atoms. The van der Waals surface area contributed by atoms with E-state index < -0.39 is 11.2 Å². The summed E-state index contributed by atoms with van der Waals surface area (Å²) in [6.45, 7) is 12.1. The monoisotopic (exact) mass is 260 g/mol. The van der Waals surface area contributed by atoms with Crippen molar-refractivity contribution >= 4 is 6.09 Å². The number of carbonyl (C=O) groups is 1. The van der Waals surface area contributed by atoms with E-state index in [9.17, 15) is 4.79 Å². The molecule has 0 aromatic heterocycles. The fourth-order valence-electron chi connectivity index (χ4n) is 1.35. The number of methoxy groups -OCH3 is 1. The molecule has 0 saturated heterocycles. The highest BCUT2D eigenvalue weighted by molar-refractivity contribution is 5.68. The minimum Gasteiger partial charge on any atom is -0.444 e. The van der Waals surface area contributed by atoms with Crippen LogP contribution in [0.2, 0.25) is 0 Å². The second-order valence-corrected chi connectivity index (χ2v) is 6.06. The van der Waals surface area contributed by atoms with Gasteiger partial charge in [-0.3, -0.25) is 0 Å². The standard InChI is InChI=1S/C13H28N2O3/c1-10(2)15(9-13(6,8-14)17-7)11(16)18-12(3,4)5/h10H,8-9,14H2,1-7H3. The number of nitrogens with two attached hydrogens (primary N) is 1. The Labute approximate surface area is 111 Å². The van der Waals surface area contributed by atoms with Crippen LogP contribution in [-0.4, -0.2) is 48.4 Å². The first-order valence-corrected chi connectivity index (χ1v) is 6.29. The van der Waals surface area contributed by atoms with Crippen LogP contribution in [0.25, 0.3) is 0 Å². The van der Waals surface area contributed by atoms with Gasteiger partial charge in [-0.2, -0.15) is 0 Å². The average molecular weight is 260 g/mol. The smallest absolute Gasteiger partial charge is 0.410 e. The maximum atomic E-state index is 12.1. The Morgan fingerprint density at radius 1 is 1.28 bits per heavy atom. The molecule has 0 heterocycles. The van der Waals surface area contributed by atoms with Crippen molar-refractivity contribution in [3.63, 3.8) is 0 Å². The van der Waals surface area contributed by atoms with E-state index >= 15 is 0 Å². The number of hydrogen-bond acceptors (Lipinski definition) is 4. The van der Waals surface area contributed by atoms with Gasteiger partial charge in [0.1, 0.15) is 5.60 Å². The molecule has 5 nitrogen and oxygen atoms in total. The van der Waals surface area contributed by atoms with Gasteiger partial charge in [-0.1, -0.05) is 0 Å². The molecule has 5 heteroatoms. The fourth-order valence-corrected chi connectivity index (χ4v) is 1.35. The second kappa shape index (κ2) is 6.38. The summed E-state index contributed by atoms with van der Waals surface area (Å²) in [4.78, 5) is 13.8. The molecule has 1 atom stereocenters. The van der Waals surface area contributed by atoms with Gasteiger partial charge < -0.3 is 20.1 Å². The van der Waals surface area contributed by atoms with Crippen molar-refractivity contribution in [1.82, 2.24) is 4.90 Å². The summed E-state index contributed by atoms with van der Waals surface area (Å²) >= 11 is 0. The number of nitrogens with zero attached hydrogens (tertiary/aromatic N) is 1. The van der Waals surface area contributed by atoms with Gasteiger partial charge >= 0.3 is 6.09 Å². The third-order valence-corrected chi connectivity index (χ3v) is 2.68. The normalized spacial score (nSPS) is 15.4. The van der Waals surface area contributed by atoms with E-state index in [1.165, 1.54) is 0 Å². The molecule has 0 aromatic carbocycles. The molecular formula is C13H28N2O3. The average Bonchev–Trinajstić information content (AvgIpc) is 2.22. The Balaban J connectivity index is 4.83. The molecule has 0 rings (SSSR count). The SMILES string of the molecule is COC(C)(CN)CN(C(=O)OC(C)(C)C)C(C)C. The van der Waals surface area contributed by atoms with Gasteiger partial charge in [0.2, 0.25) is 0 Å². The summed E-state index contributed by atoms with van der Waals surface area (Å²) in [5.74, 6) is 0. The highest BCUT2D eigenvalue weighted by Crippen LogP contribution is 2.16. The Hall–Kier alpha value is -0.810. The lowest BCUT2D eigenvalue weighted by molar-refractivity contribution is -0.0348. The second-order valence-electron chi connectivity index (χ2n) is 6.06. The lowest BCUT2D eigenvalue weighted by atomic mass is 10.1. The third kappa shape index (κ3) is 5.69. The zero-order valence-corrected chi connectivity index (χ0v) is 12.7. The number of amides is 1. The summed E-state index contributed by atoms with van der Waals surface area (Å²) in [5.41, 5.74) is 4.63. The molecule has 1 amide bonds. The van der Waals surface area contributed by atoms with E-state index in [1.54, 1.807) is 12.0 Å². The number of rotatable bonds is 5. The van der Waals surface area contributed by atoms with Crippen molar-refractivity contribution in [2.24, 2.45) is 5.73 Å². The van der Waals surface area contributed by atoms with Crippen molar-refractivity contribution < 1.29 is 14.3 Å². The largest absolute Gasteiger partial charge is 0.444 e. The van der Waals surface area contributed by atoms with Crippen LogP contribution in [0.4, 0.5) is 4.79 Å². The molecule has 0 saturated carbocycles. The number of carbonyl (C=O) groups excluding carboxylic acids is 1. The molecule has 0 bridgehead atoms. The predicted molar refractivity (Wildman–Crippen MR) is 72.5 cm³/mol. The van der Waals surface area contributed by atoms with Crippen molar-refractivity contribution in [2.45, 2.75) is 58.8 Å². The molecular weight excluding hydrogens is 232 g/mol. The van der Waals surface area contributed by atoms with Gasteiger partial charge in [-0.05, 0) is 41.5 Å². The molecule has 0 radical (unpaired) electrons. The summed E-state index contributed by atoms with van der Waals surface area (Å²) in [7, 11) is 1.60. The Morgan fingerprint density at radius 3 is 2.06 bits per heavy atom. The maximum absolute atomic E-state index is 12.1. The van der Waals surface area contributed by atoms with Crippen LogP contribution in [0.15, 0.2) is 0 Å². The molecule has 0 aliphatic carbocycles. The van der Waals surface area contributed by atoms with Gasteiger partial charge in [-0.25, -0.2) is 4.79 Å². The molecule has 0 aliphatic rings. The van der Waals surface area contributed by atoms with Crippen LogP contribution in [0, 0.1) is 0 Å². The van der Waals surface area contributed by atoms with Crippen LogP contribution < -0.4 is 5.73 Å². The van der Waals surface area contributed by atoms with Crippen LogP contribution >= 0.6 is 0 Å². The predicted octanol–water partition coefficient (Wildman–Crippen LogP) is 2.00. The maximum Gasteiger partial charge on any atom is 0.410 e. The zero-order chi connectivity index (χ0) is 14.6. The minimum absolute atomic E-state index is 0.0286. The third-order valence-electron chi connectivity index (χ3n) is 2.68. The minimum atomic E-state index is -0.554. The molecule has 2 N–H and O–H groups in total. The van der Waals surface area contributed by atoms with E-state index in [2.05, 4.69) is 0 Å². The Morgan fingerprint density at radius 2 is 1.78 bits per heavy atom. The van der Waals surface area contributed by atoms with Gasteiger partial charge in [0.25, 0.3) is 0 Å². The quantitative estimate of drug-likeness (QED) is 0.821.